The summed E-state index contributed by atoms with van der Waals surface area (Å²) in [6.45, 7) is 1.82. The summed E-state index contributed by atoms with van der Waals surface area (Å²) < 4.78 is 39.2. The average Bonchev–Trinajstić information content (AvgIpc) is 2.65. The van der Waals surface area contributed by atoms with Gasteiger partial charge in [-0.15, -0.1) is 0 Å². The van der Waals surface area contributed by atoms with Gasteiger partial charge in [0.1, 0.15) is 11.9 Å². The van der Waals surface area contributed by atoms with Gasteiger partial charge in [0.2, 0.25) is 15.9 Å². The van der Waals surface area contributed by atoms with Gasteiger partial charge in [0.05, 0.1) is 17.0 Å². The van der Waals surface area contributed by atoms with Crippen LogP contribution in [-0.2, 0) is 10.0 Å². The fourth-order valence-electron chi connectivity index (χ4n) is 3.21. The highest BCUT2D eigenvalue weighted by molar-refractivity contribution is 7.89. The van der Waals surface area contributed by atoms with Crippen LogP contribution in [0.3, 0.4) is 0 Å². The number of aryl methyl sites for hydroxylation is 1. The summed E-state index contributed by atoms with van der Waals surface area (Å²) in [6, 6.07) is 8.24. The van der Waals surface area contributed by atoms with Crippen LogP contribution in [0.5, 0.6) is 11.6 Å². The zero-order valence-corrected chi connectivity index (χ0v) is 16.9. The minimum atomic E-state index is -3.56. The topological polar surface area (TPSA) is 77.5 Å². The number of hydrogen-bond acceptors (Lipinski definition) is 5. The van der Waals surface area contributed by atoms with E-state index in [1.54, 1.807) is 43.6 Å². The number of halogens is 1. The molecular formula is C19H23ClN2O4S. The van der Waals surface area contributed by atoms with Gasteiger partial charge in [0.25, 0.3) is 0 Å². The van der Waals surface area contributed by atoms with Crippen LogP contribution in [0.4, 0.5) is 0 Å². The standard InChI is InChI=1S/C19H23ClN2O4S/c1-13-11-17(8-9-18(13)25-2)27(23,24)22-15-4-6-16(7-5-15)26-19-10-3-14(20)12-21-19/h3,8-12,15-16,22H,4-7H2,1-2H3. The van der Waals surface area contributed by atoms with E-state index in [-0.39, 0.29) is 17.0 Å². The summed E-state index contributed by atoms with van der Waals surface area (Å²) in [4.78, 5) is 4.39. The molecule has 2 aromatic rings. The summed E-state index contributed by atoms with van der Waals surface area (Å²) >= 11 is 5.82. The van der Waals surface area contributed by atoms with Crippen LogP contribution in [0.15, 0.2) is 41.4 Å². The Morgan fingerprint density at radius 2 is 1.89 bits per heavy atom. The molecule has 1 aromatic heterocycles. The van der Waals surface area contributed by atoms with E-state index in [1.807, 2.05) is 6.92 Å². The largest absolute Gasteiger partial charge is 0.496 e. The van der Waals surface area contributed by atoms with Crippen molar-refractivity contribution in [3.8, 4) is 11.6 Å². The van der Waals surface area contributed by atoms with Crippen LogP contribution in [0.2, 0.25) is 5.02 Å². The Bertz CT molecular complexity index is 879. The lowest BCUT2D eigenvalue weighted by Crippen LogP contribution is -2.39. The van der Waals surface area contributed by atoms with E-state index < -0.39 is 10.0 Å². The molecular weight excluding hydrogens is 388 g/mol. The number of methoxy groups -OCH3 is 1. The number of rotatable bonds is 6. The number of pyridine rings is 1. The lowest BCUT2D eigenvalue weighted by atomic mass is 9.94. The van der Waals surface area contributed by atoms with E-state index in [0.717, 1.165) is 18.4 Å². The Morgan fingerprint density at radius 1 is 1.15 bits per heavy atom. The van der Waals surface area contributed by atoms with Crippen molar-refractivity contribution in [2.45, 2.75) is 49.6 Å². The number of sulfonamides is 1. The number of aromatic nitrogens is 1. The number of nitrogens with zero attached hydrogens (tertiary/aromatic N) is 1. The van der Waals surface area contributed by atoms with Gasteiger partial charge < -0.3 is 9.47 Å². The van der Waals surface area contributed by atoms with Crippen molar-refractivity contribution in [2.24, 2.45) is 0 Å². The highest BCUT2D eigenvalue weighted by atomic mass is 35.5. The second-order valence-corrected chi connectivity index (χ2v) is 8.81. The summed E-state index contributed by atoms with van der Waals surface area (Å²) in [5.74, 6) is 1.21. The molecule has 1 heterocycles. The molecule has 0 aliphatic heterocycles. The molecule has 1 saturated carbocycles. The van der Waals surface area contributed by atoms with Gasteiger partial charge in [-0.1, -0.05) is 11.6 Å². The Balaban J connectivity index is 1.56. The third-order valence-electron chi connectivity index (χ3n) is 4.66. The Kier molecular flexibility index (Phi) is 6.24. The zero-order chi connectivity index (χ0) is 19.4. The zero-order valence-electron chi connectivity index (χ0n) is 15.3. The van der Waals surface area contributed by atoms with Gasteiger partial charge in [-0.25, -0.2) is 18.1 Å². The van der Waals surface area contributed by atoms with Crippen LogP contribution in [-0.4, -0.2) is 32.7 Å². The maximum absolute atomic E-state index is 12.7. The number of nitrogens with one attached hydrogen (secondary N) is 1. The van der Waals surface area contributed by atoms with E-state index in [9.17, 15) is 8.42 Å². The van der Waals surface area contributed by atoms with Gasteiger partial charge in [0, 0.05) is 18.3 Å². The SMILES string of the molecule is COc1ccc(S(=O)(=O)NC2CCC(Oc3ccc(Cl)cn3)CC2)cc1C. The Hall–Kier alpha value is -1.83. The van der Waals surface area contributed by atoms with Crippen LogP contribution in [0.25, 0.3) is 0 Å². The van der Waals surface area contributed by atoms with Crippen LogP contribution in [0.1, 0.15) is 31.2 Å². The number of ether oxygens (including phenoxy) is 2. The summed E-state index contributed by atoms with van der Waals surface area (Å²) in [7, 11) is -2.00. The van der Waals surface area contributed by atoms with Gasteiger partial charge >= 0.3 is 0 Å². The first kappa shape index (κ1) is 19.9. The van der Waals surface area contributed by atoms with Gasteiger partial charge in [-0.2, -0.15) is 0 Å². The molecule has 0 spiro atoms. The molecule has 0 unspecified atom stereocenters. The monoisotopic (exact) mass is 410 g/mol. The molecule has 6 nitrogen and oxygen atoms in total. The second-order valence-electron chi connectivity index (χ2n) is 6.66. The first-order chi connectivity index (χ1) is 12.9. The summed E-state index contributed by atoms with van der Waals surface area (Å²) in [5, 5.41) is 0.564. The summed E-state index contributed by atoms with van der Waals surface area (Å²) in [5.41, 5.74) is 0.785. The first-order valence-corrected chi connectivity index (χ1v) is 10.7. The molecule has 0 bridgehead atoms. The molecule has 146 valence electrons. The van der Waals surface area contributed by atoms with Crippen LogP contribution < -0.4 is 14.2 Å². The van der Waals surface area contributed by atoms with E-state index in [4.69, 9.17) is 21.1 Å². The molecule has 0 amide bonds. The molecule has 1 fully saturated rings. The molecule has 3 rings (SSSR count). The number of benzene rings is 1. The van der Waals surface area contributed by atoms with E-state index in [1.165, 1.54) is 0 Å². The third kappa shape index (κ3) is 5.12. The molecule has 0 saturated heterocycles. The second kappa shape index (κ2) is 8.46. The Morgan fingerprint density at radius 3 is 2.48 bits per heavy atom. The number of hydrogen-bond donors (Lipinski definition) is 1. The van der Waals surface area contributed by atoms with E-state index in [2.05, 4.69) is 9.71 Å². The minimum absolute atomic E-state index is 0.0302. The van der Waals surface area contributed by atoms with E-state index in [0.29, 0.717) is 29.5 Å². The van der Waals surface area contributed by atoms with E-state index >= 15 is 0 Å². The fraction of sp³-hybridized carbons (Fsp3) is 0.421. The molecule has 0 radical (unpaired) electrons. The van der Waals surface area contributed by atoms with Crippen molar-refractivity contribution in [3.05, 3.63) is 47.1 Å². The van der Waals surface area contributed by atoms with Crippen molar-refractivity contribution in [3.63, 3.8) is 0 Å². The summed E-state index contributed by atoms with van der Waals surface area (Å²) in [6.07, 6.45) is 4.54. The molecule has 1 aromatic carbocycles. The quantitative estimate of drug-likeness (QED) is 0.785. The van der Waals surface area contributed by atoms with Crippen molar-refractivity contribution >= 4 is 21.6 Å². The predicted octanol–water partition coefficient (Wildman–Crippen LogP) is 3.72. The third-order valence-corrected chi connectivity index (χ3v) is 6.40. The fourth-order valence-corrected chi connectivity index (χ4v) is 4.71. The lowest BCUT2D eigenvalue weighted by Gasteiger charge is -2.29. The van der Waals surface area contributed by atoms with Gasteiger partial charge in [0.15, 0.2) is 0 Å². The highest BCUT2D eigenvalue weighted by Crippen LogP contribution is 2.26. The molecule has 1 aliphatic carbocycles. The van der Waals surface area contributed by atoms with Crippen molar-refractivity contribution in [1.82, 2.24) is 9.71 Å². The van der Waals surface area contributed by atoms with Crippen LogP contribution >= 0.6 is 11.6 Å². The van der Waals surface area contributed by atoms with Gasteiger partial charge in [-0.05, 0) is 62.4 Å². The average molecular weight is 411 g/mol. The molecule has 1 aliphatic rings. The molecule has 27 heavy (non-hydrogen) atoms. The molecule has 1 N–H and O–H groups in total. The van der Waals surface area contributed by atoms with Gasteiger partial charge in [-0.3, -0.25) is 0 Å². The maximum atomic E-state index is 12.7. The van der Waals surface area contributed by atoms with Crippen molar-refractivity contribution in [2.75, 3.05) is 7.11 Å². The lowest BCUT2D eigenvalue weighted by molar-refractivity contribution is 0.138. The highest BCUT2D eigenvalue weighted by Gasteiger charge is 2.27. The first-order valence-electron chi connectivity index (χ1n) is 8.82. The predicted molar refractivity (Wildman–Crippen MR) is 104 cm³/mol. The Labute approximate surface area is 164 Å². The maximum Gasteiger partial charge on any atom is 0.240 e. The molecule has 8 heteroatoms. The normalized spacial score (nSPS) is 20.3. The van der Waals surface area contributed by atoms with Crippen LogP contribution in [0, 0.1) is 6.92 Å². The van der Waals surface area contributed by atoms with Crippen molar-refractivity contribution in [1.29, 1.82) is 0 Å². The smallest absolute Gasteiger partial charge is 0.240 e. The minimum Gasteiger partial charge on any atom is -0.496 e. The molecule has 0 atom stereocenters. The van der Waals surface area contributed by atoms with Crippen molar-refractivity contribution < 1.29 is 17.9 Å².